The third kappa shape index (κ3) is 5.04. The monoisotopic (exact) mass is 300 g/mol. The molecule has 0 aromatic heterocycles. The van der Waals surface area contributed by atoms with Gasteiger partial charge in [0, 0.05) is 6.04 Å². The van der Waals surface area contributed by atoms with E-state index in [2.05, 4.69) is 10.6 Å². The summed E-state index contributed by atoms with van der Waals surface area (Å²) in [4.78, 5) is 11.9. The highest BCUT2D eigenvalue weighted by atomic mass is 19.4. The molecule has 1 aromatic carbocycles. The predicted octanol–water partition coefficient (Wildman–Crippen LogP) is 2.51. The fourth-order valence-corrected chi connectivity index (χ4v) is 2.44. The van der Waals surface area contributed by atoms with Gasteiger partial charge in [0.1, 0.15) is 0 Å². The van der Waals surface area contributed by atoms with E-state index in [-0.39, 0.29) is 18.4 Å². The molecule has 0 radical (unpaired) electrons. The number of rotatable bonds is 3. The van der Waals surface area contributed by atoms with Gasteiger partial charge in [-0.2, -0.15) is 13.2 Å². The van der Waals surface area contributed by atoms with Crippen LogP contribution in [0.3, 0.4) is 0 Å². The van der Waals surface area contributed by atoms with Crippen LogP contribution >= 0.6 is 0 Å². The third-order valence-corrected chi connectivity index (χ3v) is 3.59. The molecular weight excluding hydrogens is 281 g/mol. The van der Waals surface area contributed by atoms with Crippen molar-refractivity contribution in [3.05, 3.63) is 35.4 Å². The number of nitrogens with one attached hydrogen (secondary N) is 2. The van der Waals surface area contributed by atoms with Gasteiger partial charge < -0.3 is 10.6 Å². The van der Waals surface area contributed by atoms with Crippen molar-refractivity contribution in [3.63, 3.8) is 0 Å². The molecule has 6 heteroatoms. The lowest BCUT2D eigenvalue weighted by molar-refractivity contribution is -0.137. The zero-order valence-electron chi connectivity index (χ0n) is 11.7. The van der Waals surface area contributed by atoms with E-state index in [4.69, 9.17) is 0 Å². The second-order valence-corrected chi connectivity index (χ2v) is 5.32. The Kier molecular flexibility index (Phi) is 5.22. The molecule has 1 saturated heterocycles. The zero-order valence-corrected chi connectivity index (χ0v) is 11.7. The minimum Gasteiger partial charge on any atom is -0.353 e. The minimum absolute atomic E-state index is 0.113. The summed E-state index contributed by atoms with van der Waals surface area (Å²) in [5.41, 5.74) is -0.103. The first-order valence-corrected chi connectivity index (χ1v) is 7.11. The van der Waals surface area contributed by atoms with Crippen LogP contribution in [0.5, 0.6) is 0 Å². The maximum absolute atomic E-state index is 12.4. The van der Waals surface area contributed by atoms with E-state index >= 15 is 0 Å². The van der Waals surface area contributed by atoms with Gasteiger partial charge in [-0.05, 0) is 50.0 Å². The van der Waals surface area contributed by atoms with Crippen molar-refractivity contribution in [1.29, 1.82) is 0 Å². The molecule has 0 bridgehead atoms. The Morgan fingerprint density at radius 1 is 1.19 bits per heavy atom. The van der Waals surface area contributed by atoms with Gasteiger partial charge in [0.15, 0.2) is 0 Å². The summed E-state index contributed by atoms with van der Waals surface area (Å²) in [7, 11) is 0. The van der Waals surface area contributed by atoms with E-state index in [0.29, 0.717) is 5.56 Å². The van der Waals surface area contributed by atoms with Gasteiger partial charge in [-0.1, -0.05) is 12.1 Å². The molecule has 1 aliphatic rings. The molecule has 1 fully saturated rings. The van der Waals surface area contributed by atoms with Crippen LogP contribution in [0.2, 0.25) is 0 Å². The van der Waals surface area contributed by atoms with Crippen molar-refractivity contribution in [2.45, 2.75) is 37.9 Å². The van der Waals surface area contributed by atoms with Gasteiger partial charge in [0.25, 0.3) is 0 Å². The van der Waals surface area contributed by atoms with E-state index in [1.165, 1.54) is 12.1 Å². The highest BCUT2D eigenvalue weighted by Gasteiger charge is 2.30. The van der Waals surface area contributed by atoms with Gasteiger partial charge in [0.2, 0.25) is 5.91 Å². The molecule has 0 spiro atoms. The fourth-order valence-electron chi connectivity index (χ4n) is 2.44. The Morgan fingerprint density at radius 3 is 2.57 bits per heavy atom. The molecule has 1 aromatic rings. The molecule has 21 heavy (non-hydrogen) atoms. The predicted molar refractivity (Wildman–Crippen MR) is 73.8 cm³/mol. The second kappa shape index (κ2) is 6.93. The van der Waals surface area contributed by atoms with Crippen LogP contribution < -0.4 is 10.6 Å². The van der Waals surface area contributed by atoms with Gasteiger partial charge in [-0.3, -0.25) is 4.79 Å². The maximum atomic E-state index is 12.4. The summed E-state index contributed by atoms with van der Waals surface area (Å²) in [6.45, 7) is 1.84. The van der Waals surface area contributed by atoms with Crippen molar-refractivity contribution in [1.82, 2.24) is 10.6 Å². The number of halogens is 3. The highest BCUT2D eigenvalue weighted by Crippen LogP contribution is 2.29. The number of hydrogen-bond acceptors (Lipinski definition) is 2. The maximum Gasteiger partial charge on any atom is 0.416 e. The summed E-state index contributed by atoms with van der Waals surface area (Å²) < 4.78 is 37.3. The molecule has 0 aliphatic carbocycles. The van der Waals surface area contributed by atoms with E-state index in [0.717, 1.165) is 44.5 Å². The summed E-state index contributed by atoms with van der Waals surface area (Å²) in [5, 5.41) is 6.21. The summed E-state index contributed by atoms with van der Waals surface area (Å²) in [6, 6.07) is 4.90. The molecule has 2 rings (SSSR count). The molecule has 1 amide bonds. The van der Waals surface area contributed by atoms with Gasteiger partial charge in [-0.25, -0.2) is 0 Å². The lowest BCUT2D eigenvalue weighted by Gasteiger charge is -2.16. The molecule has 0 saturated carbocycles. The number of benzene rings is 1. The van der Waals surface area contributed by atoms with E-state index < -0.39 is 11.7 Å². The molecule has 1 unspecified atom stereocenters. The quantitative estimate of drug-likeness (QED) is 0.900. The van der Waals surface area contributed by atoms with Crippen LogP contribution in [-0.4, -0.2) is 25.0 Å². The lowest BCUT2D eigenvalue weighted by atomic mass is 10.1. The molecule has 1 heterocycles. The zero-order chi connectivity index (χ0) is 15.3. The normalized spacial score (nSPS) is 19.9. The second-order valence-electron chi connectivity index (χ2n) is 5.32. The molecule has 116 valence electrons. The standard InChI is InChI=1S/C15H19F3N2O/c16-15(17,18)12-5-3-11(4-6-12)10-14(21)20-13-2-1-8-19-9-7-13/h3-6,13,19H,1-2,7-10H2,(H,20,21). The van der Waals surface area contributed by atoms with Crippen LogP contribution in [0.25, 0.3) is 0 Å². The average molecular weight is 300 g/mol. The Balaban J connectivity index is 1.87. The topological polar surface area (TPSA) is 41.1 Å². The molecule has 2 N–H and O–H groups in total. The fraction of sp³-hybridized carbons (Fsp3) is 0.533. The first-order chi connectivity index (χ1) is 9.95. The van der Waals surface area contributed by atoms with Crippen molar-refractivity contribution in [2.24, 2.45) is 0 Å². The smallest absolute Gasteiger partial charge is 0.353 e. The van der Waals surface area contributed by atoms with Gasteiger partial charge in [-0.15, -0.1) is 0 Å². The Labute approximate surface area is 121 Å². The average Bonchev–Trinajstić information content (AvgIpc) is 2.67. The Morgan fingerprint density at radius 2 is 1.90 bits per heavy atom. The van der Waals surface area contributed by atoms with E-state index in [1.807, 2.05) is 0 Å². The number of hydrogen-bond donors (Lipinski definition) is 2. The number of carbonyl (C=O) groups is 1. The first-order valence-electron chi connectivity index (χ1n) is 7.11. The van der Waals surface area contributed by atoms with Crippen LogP contribution in [0.4, 0.5) is 13.2 Å². The van der Waals surface area contributed by atoms with Crippen LogP contribution in [0, 0.1) is 0 Å². The van der Waals surface area contributed by atoms with Gasteiger partial charge in [0.05, 0.1) is 12.0 Å². The number of alkyl halides is 3. The summed E-state index contributed by atoms with van der Waals surface area (Å²) in [5.74, 6) is -0.137. The largest absolute Gasteiger partial charge is 0.416 e. The van der Waals surface area contributed by atoms with Gasteiger partial charge >= 0.3 is 6.18 Å². The first kappa shape index (κ1) is 15.8. The molecule has 1 atom stereocenters. The van der Waals surface area contributed by atoms with Crippen molar-refractivity contribution < 1.29 is 18.0 Å². The lowest BCUT2D eigenvalue weighted by Crippen LogP contribution is -2.36. The minimum atomic E-state index is -4.34. The van der Waals surface area contributed by atoms with Crippen LogP contribution in [0.15, 0.2) is 24.3 Å². The molecule has 3 nitrogen and oxygen atoms in total. The third-order valence-electron chi connectivity index (χ3n) is 3.59. The van der Waals surface area contributed by atoms with E-state index in [9.17, 15) is 18.0 Å². The summed E-state index contributed by atoms with van der Waals surface area (Å²) >= 11 is 0. The molecule has 1 aliphatic heterocycles. The Bertz CT molecular complexity index is 463. The van der Waals surface area contributed by atoms with Crippen LogP contribution in [0.1, 0.15) is 30.4 Å². The van der Waals surface area contributed by atoms with E-state index in [1.54, 1.807) is 0 Å². The number of carbonyl (C=O) groups excluding carboxylic acids is 1. The van der Waals surface area contributed by atoms with Crippen molar-refractivity contribution in [3.8, 4) is 0 Å². The summed E-state index contributed by atoms with van der Waals surface area (Å²) in [6.07, 6.45) is -1.38. The highest BCUT2D eigenvalue weighted by molar-refractivity contribution is 5.78. The molecular formula is C15H19F3N2O. The number of amides is 1. The van der Waals surface area contributed by atoms with Crippen LogP contribution in [-0.2, 0) is 17.4 Å². The van der Waals surface area contributed by atoms with Crippen molar-refractivity contribution in [2.75, 3.05) is 13.1 Å². The Hall–Kier alpha value is -1.56. The SMILES string of the molecule is O=C(Cc1ccc(C(F)(F)F)cc1)NC1CCCNCC1. The van der Waals surface area contributed by atoms with Crippen molar-refractivity contribution >= 4 is 5.91 Å².